The molecule has 3 rings (SSSR count). The number of rotatable bonds is 4. The Balaban J connectivity index is 1.86. The SMILES string of the molecule is COc1cc(OC)c(C(=O)N2CC[C@@H]3CNC[C@@H]3C2)cc1OC. The average molecular weight is 320 g/mol. The van der Waals surface area contributed by atoms with Gasteiger partial charge in [0.05, 0.1) is 26.9 Å². The lowest BCUT2D eigenvalue weighted by Gasteiger charge is -2.34. The van der Waals surface area contributed by atoms with Gasteiger partial charge in [0.2, 0.25) is 0 Å². The predicted molar refractivity (Wildman–Crippen MR) is 86.5 cm³/mol. The highest BCUT2D eigenvalue weighted by molar-refractivity contribution is 5.98. The van der Waals surface area contributed by atoms with Crippen LogP contribution in [0.4, 0.5) is 0 Å². The second-order valence-corrected chi connectivity index (χ2v) is 6.13. The fourth-order valence-corrected chi connectivity index (χ4v) is 3.59. The Hall–Kier alpha value is -1.95. The third kappa shape index (κ3) is 2.95. The molecule has 1 N–H and O–H groups in total. The number of nitrogens with zero attached hydrogens (tertiary/aromatic N) is 1. The summed E-state index contributed by atoms with van der Waals surface area (Å²) >= 11 is 0. The number of amides is 1. The van der Waals surface area contributed by atoms with Gasteiger partial charge in [0.15, 0.2) is 11.5 Å². The number of carbonyl (C=O) groups is 1. The summed E-state index contributed by atoms with van der Waals surface area (Å²) in [7, 11) is 4.69. The minimum atomic E-state index is -0.00634. The van der Waals surface area contributed by atoms with Gasteiger partial charge in [-0.05, 0) is 31.3 Å². The molecule has 0 aromatic heterocycles. The Kier molecular flexibility index (Phi) is 4.61. The van der Waals surface area contributed by atoms with Crippen LogP contribution in [0.5, 0.6) is 17.2 Å². The molecule has 0 bridgehead atoms. The Labute approximate surface area is 136 Å². The van der Waals surface area contributed by atoms with Crippen LogP contribution in [0.2, 0.25) is 0 Å². The lowest BCUT2D eigenvalue weighted by molar-refractivity contribution is 0.0638. The van der Waals surface area contributed by atoms with Crippen LogP contribution >= 0.6 is 0 Å². The molecule has 0 unspecified atom stereocenters. The summed E-state index contributed by atoms with van der Waals surface area (Å²) in [6.45, 7) is 3.66. The fourth-order valence-electron chi connectivity index (χ4n) is 3.59. The molecule has 23 heavy (non-hydrogen) atoms. The van der Waals surface area contributed by atoms with Gasteiger partial charge in [-0.3, -0.25) is 4.79 Å². The minimum absolute atomic E-state index is 0.00634. The molecule has 1 aromatic carbocycles. The van der Waals surface area contributed by atoms with Gasteiger partial charge in [-0.2, -0.15) is 0 Å². The molecule has 0 saturated carbocycles. The zero-order valence-electron chi connectivity index (χ0n) is 13.9. The van der Waals surface area contributed by atoms with Crippen molar-refractivity contribution in [2.45, 2.75) is 6.42 Å². The zero-order chi connectivity index (χ0) is 16.4. The normalized spacial score (nSPS) is 23.3. The number of benzene rings is 1. The molecule has 2 atom stereocenters. The van der Waals surface area contributed by atoms with E-state index in [1.807, 2.05) is 4.90 Å². The van der Waals surface area contributed by atoms with Crippen molar-refractivity contribution in [3.8, 4) is 17.2 Å². The maximum absolute atomic E-state index is 13.0. The smallest absolute Gasteiger partial charge is 0.257 e. The lowest BCUT2D eigenvalue weighted by Crippen LogP contribution is -2.43. The molecule has 2 fully saturated rings. The summed E-state index contributed by atoms with van der Waals surface area (Å²) in [4.78, 5) is 14.9. The summed E-state index contributed by atoms with van der Waals surface area (Å²) in [5, 5.41) is 3.42. The fraction of sp³-hybridized carbons (Fsp3) is 0.588. The van der Waals surface area contributed by atoms with E-state index in [1.54, 1.807) is 33.5 Å². The first-order chi connectivity index (χ1) is 11.2. The van der Waals surface area contributed by atoms with Gasteiger partial charge in [-0.15, -0.1) is 0 Å². The zero-order valence-corrected chi connectivity index (χ0v) is 13.9. The molecule has 0 spiro atoms. The van der Waals surface area contributed by atoms with Crippen LogP contribution in [0.25, 0.3) is 0 Å². The molecule has 0 aliphatic carbocycles. The molecule has 1 amide bonds. The Morgan fingerprint density at radius 2 is 1.70 bits per heavy atom. The molecule has 0 radical (unpaired) electrons. The largest absolute Gasteiger partial charge is 0.496 e. The Bertz CT molecular complexity index is 590. The van der Waals surface area contributed by atoms with E-state index in [0.29, 0.717) is 34.6 Å². The van der Waals surface area contributed by atoms with E-state index in [0.717, 1.165) is 32.6 Å². The lowest BCUT2D eigenvalue weighted by atomic mass is 9.88. The van der Waals surface area contributed by atoms with Crippen molar-refractivity contribution in [1.82, 2.24) is 10.2 Å². The molecule has 126 valence electrons. The number of nitrogens with one attached hydrogen (secondary N) is 1. The first kappa shape index (κ1) is 15.9. The number of fused-ring (bicyclic) bond motifs is 1. The summed E-state index contributed by atoms with van der Waals surface area (Å²) in [6.07, 6.45) is 1.05. The highest BCUT2D eigenvalue weighted by atomic mass is 16.5. The predicted octanol–water partition coefficient (Wildman–Crippen LogP) is 1.39. The van der Waals surface area contributed by atoms with Crippen LogP contribution in [-0.4, -0.2) is 58.3 Å². The second kappa shape index (κ2) is 6.66. The first-order valence-electron chi connectivity index (χ1n) is 7.98. The Morgan fingerprint density at radius 3 is 2.39 bits per heavy atom. The molecule has 2 aliphatic rings. The molecular formula is C17H24N2O4. The standard InChI is InChI=1S/C17H24N2O4/c1-21-14-7-16(23-3)15(22-2)6-13(14)17(20)19-5-4-11-8-18-9-12(11)10-19/h6-7,11-12,18H,4-5,8-10H2,1-3H3/t11-,12-/m1/s1. The molecule has 6 heteroatoms. The van der Waals surface area contributed by atoms with Crippen LogP contribution in [0.1, 0.15) is 16.8 Å². The van der Waals surface area contributed by atoms with Crippen LogP contribution in [0, 0.1) is 11.8 Å². The van der Waals surface area contributed by atoms with Crippen molar-refractivity contribution in [1.29, 1.82) is 0 Å². The number of ether oxygens (including phenoxy) is 3. The van der Waals surface area contributed by atoms with Gasteiger partial charge in [-0.1, -0.05) is 0 Å². The van der Waals surface area contributed by atoms with Crippen molar-refractivity contribution in [3.63, 3.8) is 0 Å². The van der Waals surface area contributed by atoms with Crippen LogP contribution < -0.4 is 19.5 Å². The quantitative estimate of drug-likeness (QED) is 0.908. The number of methoxy groups -OCH3 is 3. The molecule has 2 saturated heterocycles. The van der Waals surface area contributed by atoms with E-state index in [1.165, 1.54) is 0 Å². The monoisotopic (exact) mass is 320 g/mol. The highest BCUT2D eigenvalue weighted by Gasteiger charge is 2.35. The van der Waals surface area contributed by atoms with E-state index < -0.39 is 0 Å². The minimum Gasteiger partial charge on any atom is -0.496 e. The van der Waals surface area contributed by atoms with Crippen LogP contribution in [-0.2, 0) is 0 Å². The van der Waals surface area contributed by atoms with Gasteiger partial charge in [-0.25, -0.2) is 0 Å². The van der Waals surface area contributed by atoms with Crippen molar-refractivity contribution < 1.29 is 19.0 Å². The van der Waals surface area contributed by atoms with Gasteiger partial charge in [0, 0.05) is 25.2 Å². The van der Waals surface area contributed by atoms with Crippen molar-refractivity contribution in [2.75, 3.05) is 47.5 Å². The average Bonchev–Trinajstić information content (AvgIpc) is 3.07. The van der Waals surface area contributed by atoms with E-state index in [4.69, 9.17) is 14.2 Å². The summed E-state index contributed by atoms with van der Waals surface area (Å²) in [6, 6.07) is 3.41. The maximum Gasteiger partial charge on any atom is 0.257 e. The van der Waals surface area contributed by atoms with Crippen LogP contribution in [0.15, 0.2) is 12.1 Å². The van der Waals surface area contributed by atoms with E-state index >= 15 is 0 Å². The Morgan fingerprint density at radius 1 is 1.04 bits per heavy atom. The van der Waals surface area contributed by atoms with E-state index in [9.17, 15) is 4.79 Å². The third-order valence-electron chi connectivity index (χ3n) is 4.93. The summed E-state index contributed by atoms with van der Waals surface area (Å²) in [5.41, 5.74) is 0.523. The van der Waals surface area contributed by atoms with Gasteiger partial charge >= 0.3 is 0 Å². The molecule has 6 nitrogen and oxygen atoms in total. The molecule has 1 aromatic rings. The van der Waals surface area contributed by atoms with Crippen molar-refractivity contribution in [3.05, 3.63) is 17.7 Å². The van der Waals surface area contributed by atoms with E-state index in [-0.39, 0.29) is 5.91 Å². The van der Waals surface area contributed by atoms with Crippen molar-refractivity contribution >= 4 is 5.91 Å². The number of likely N-dealkylation sites (tertiary alicyclic amines) is 1. The number of carbonyl (C=O) groups excluding carboxylic acids is 1. The van der Waals surface area contributed by atoms with E-state index in [2.05, 4.69) is 5.32 Å². The summed E-state index contributed by atoms with van der Waals surface area (Å²) < 4.78 is 16.0. The molecule has 2 heterocycles. The molecule has 2 aliphatic heterocycles. The topological polar surface area (TPSA) is 60.0 Å². The molecular weight excluding hydrogens is 296 g/mol. The highest BCUT2D eigenvalue weighted by Crippen LogP contribution is 2.36. The van der Waals surface area contributed by atoms with Gasteiger partial charge in [0.1, 0.15) is 5.75 Å². The second-order valence-electron chi connectivity index (χ2n) is 6.13. The van der Waals surface area contributed by atoms with Gasteiger partial charge < -0.3 is 24.4 Å². The van der Waals surface area contributed by atoms with Crippen molar-refractivity contribution in [2.24, 2.45) is 11.8 Å². The number of hydrogen-bond acceptors (Lipinski definition) is 5. The number of piperidine rings is 1. The van der Waals surface area contributed by atoms with Crippen LogP contribution in [0.3, 0.4) is 0 Å². The maximum atomic E-state index is 13.0. The number of hydrogen-bond donors (Lipinski definition) is 1. The third-order valence-corrected chi connectivity index (χ3v) is 4.93. The first-order valence-corrected chi connectivity index (χ1v) is 7.98. The summed E-state index contributed by atoms with van der Waals surface area (Å²) in [5.74, 6) is 2.85. The van der Waals surface area contributed by atoms with Gasteiger partial charge in [0.25, 0.3) is 5.91 Å².